The fourth-order valence-corrected chi connectivity index (χ4v) is 2.70. The molecule has 0 aliphatic heterocycles. The predicted molar refractivity (Wildman–Crippen MR) is 82.7 cm³/mol. The van der Waals surface area contributed by atoms with Crippen LogP contribution >= 0.6 is 0 Å². The molecule has 1 atom stereocenters. The Morgan fingerprint density at radius 3 is 2.24 bits per heavy atom. The van der Waals surface area contributed by atoms with Crippen molar-refractivity contribution in [1.29, 1.82) is 0 Å². The lowest BCUT2D eigenvalue weighted by Gasteiger charge is -2.16. The van der Waals surface area contributed by atoms with Crippen molar-refractivity contribution in [3.05, 3.63) is 59.4 Å². The van der Waals surface area contributed by atoms with E-state index in [0.29, 0.717) is 10.5 Å². The lowest BCUT2D eigenvalue weighted by Crippen LogP contribution is -2.07. The zero-order valence-electron chi connectivity index (χ0n) is 12.2. The molecule has 3 nitrogen and oxygen atoms in total. The molecule has 0 aliphatic rings. The molecule has 2 rings (SSSR count). The van der Waals surface area contributed by atoms with Crippen LogP contribution in [0.2, 0.25) is 0 Å². The standard InChI is InChI=1S/C16H18FNO2S/c1-11-10-14(6-9-16(11)17)18-12(2)13-4-7-15(8-5-13)21(3,19)20/h4-10,12,18H,1-3H3. The van der Waals surface area contributed by atoms with Crippen molar-refractivity contribution in [2.75, 3.05) is 11.6 Å². The van der Waals surface area contributed by atoms with E-state index < -0.39 is 9.84 Å². The number of sulfone groups is 1. The Morgan fingerprint density at radius 2 is 1.71 bits per heavy atom. The number of aryl methyl sites for hydroxylation is 1. The molecule has 0 fully saturated rings. The minimum atomic E-state index is -3.18. The maximum absolute atomic E-state index is 13.2. The summed E-state index contributed by atoms with van der Waals surface area (Å²) in [6.07, 6.45) is 1.19. The van der Waals surface area contributed by atoms with E-state index in [2.05, 4.69) is 5.32 Å². The Hall–Kier alpha value is -1.88. The molecule has 0 spiro atoms. The van der Waals surface area contributed by atoms with Gasteiger partial charge < -0.3 is 5.32 Å². The average molecular weight is 307 g/mol. The van der Waals surface area contributed by atoms with Crippen molar-refractivity contribution in [3.8, 4) is 0 Å². The summed E-state index contributed by atoms with van der Waals surface area (Å²) in [5, 5.41) is 3.27. The lowest BCUT2D eigenvalue weighted by atomic mass is 10.1. The molecule has 0 saturated carbocycles. The molecule has 21 heavy (non-hydrogen) atoms. The fraction of sp³-hybridized carbons (Fsp3) is 0.250. The van der Waals surface area contributed by atoms with Gasteiger partial charge in [-0.2, -0.15) is 0 Å². The highest BCUT2D eigenvalue weighted by atomic mass is 32.2. The summed E-state index contributed by atoms with van der Waals surface area (Å²) in [5.41, 5.74) is 2.37. The van der Waals surface area contributed by atoms with Gasteiger partial charge in [0.2, 0.25) is 0 Å². The normalized spacial score (nSPS) is 13.0. The van der Waals surface area contributed by atoms with E-state index in [-0.39, 0.29) is 11.9 Å². The van der Waals surface area contributed by atoms with Gasteiger partial charge >= 0.3 is 0 Å². The van der Waals surface area contributed by atoms with Crippen LogP contribution in [0.25, 0.3) is 0 Å². The SMILES string of the molecule is Cc1cc(NC(C)c2ccc(S(C)(=O)=O)cc2)ccc1F. The minimum Gasteiger partial charge on any atom is -0.379 e. The molecule has 2 aromatic rings. The molecule has 5 heteroatoms. The highest BCUT2D eigenvalue weighted by Crippen LogP contribution is 2.22. The smallest absolute Gasteiger partial charge is 0.175 e. The van der Waals surface area contributed by atoms with Gasteiger partial charge in [-0.05, 0) is 55.3 Å². The van der Waals surface area contributed by atoms with E-state index in [1.807, 2.05) is 6.92 Å². The molecular formula is C16H18FNO2S. The van der Waals surface area contributed by atoms with E-state index >= 15 is 0 Å². The fourth-order valence-electron chi connectivity index (χ4n) is 2.07. The Morgan fingerprint density at radius 1 is 1.10 bits per heavy atom. The van der Waals surface area contributed by atoms with Crippen LogP contribution in [0, 0.1) is 12.7 Å². The average Bonchev–Trinajstić information content (AvgIpc) is 2.42. The number of nitrogens with one attached hydrogen (secondary N) is 1. The van der Waals surface area contributed by atoms with Crippen LogP contribution in [0.5, 0.6) is 0 Å². The third kappa shape index (κ3) is 3.82. The van der Waals surface area contributed by atoms with Gasteiger partial charge in [0.15, 0.2) is 9.84 Å². The van der Waals surface area contributed by atoms with Gasteiger partial charge in [-0.3, -0.25) is 0 Å². The second-order valence-electron chi connectivity index (χ2n) is 5.17. The first-order valence-corrected chi connectivity index (χ1v) is 8.49. The molecule has 0 bridgehead atoms. The van der Waals surface area contributed by atoms with Crippen molar-refractivity contribution in [1.82, 2.24) is 0 Å². The monoisotopic (exact) mass is 307 g/mol. The van der Waals surface area contributed by atoms with Gasteiger partial charge in [0.25, 0.3) is 0 Å². The van der Waals surface area contributed by atoms with Crippen molar-refractivity contribution < 1.29 is 12.8 Å². The first kappa shape index (κ1) is 15.5. The molecule has 1 N–H and O–H groups in total. The van der Waals surface area contributed by atoms with E-state index in [1.165, 1.54) is 12.3 Å². The molecule has 0 saturated heterocycles. The summed E-state index contributed by atoms with van der Waals surface area (Å²) < 4.78 is 36.1. The van der Waals surface area contributed by atoms with Gasteiger partial charge in [-0.25, -0.2) is 12.8 Å². The third-order valence-corrected chi connectivity index (χ3v) is 4.48. The predicted octanol–water partition coefficient (Wildman–Crippen LogP) is 3.71. The van der Waals surface area contributed by atoms with Crippen LogP contribution in [0.15, 0.2) is 47.4 Å². The highest BCUT2D eigenvalue weighted by Gasteiger charge is 2.10. The Balaban J connectivity index is 2.16. The number of hydrogen-bond donors (Lipinski definition) is 1. The summed E-state index contributed by atoms with van der Waals surface area (Å²) in [4.78, 5) is 0.302. The molecule has 0 radical (unpaired) electrons. The van der Waals surface area contributed by atoms with Crippen molar-refractivity contribution in [2.45, 2.75) is 24.8 Å². The van der Waals surface area contributed by atoms with Crippen molar-refractivity contribution >= 4 is 15.5 Å². The van der Waals surface area contributed by atoms with Crippen LogP contribution in [0.3, 0.4) is 0 Å². The quantitative estimate of drug-likeness (QED) is 0.936. The maximum Gasteiger partial charge on any atom is 0.175 e. The van der Waals surface area contributed by atoms with Crippen LogP contribution < -0.4 is 5.32 Å². The summed E-state index contributed by atoms with van der Waals surface area (Å²) in [5.74, 6) is -0.231. The summed E-state index contributed by atoms with van der Waals surface area (Å²) in [6, 6.07) is 11.6. The van der Waals surface area contributed by atoms with Gasteiger partial charge in [0, 0.05) is 18.0 Å². The Kier molecular flexibility index (Phi) is 4.32. The lowest BCUT2D eigenvalue weighted by molar-refractivity contribution is 0.602. The molecule has 1 unspecified atom stereocenters. The van der Waals surface area contributed by atoms with Gasteiger partial charge in [0.05, 0.1) is 4.90 Å². The molecule has 0 aliphatic carbocycles. The second-order valence-corrected chi connectivity index (χ2v) is 7.19. The summed E-state index contributed by atoms with van der Waals surface area (Å²) in [6.45, 7) is 3.68. The zero-order chi connectivity index (χ0) is 15.6. The number of halogens is 1. The highest BCUT2D eigenvalue weighted by molar-refractivity contribution is 7.90. The maximum atomic E-state index is 13.2. The van der Waals surface area contributed by atoms with E-state index in [9.17, 15) is 12.8 Å². The van der Waals surface area contributed by atoms with E-state index in [0.717, 1.165) is 11.3 Å². The van der Waals surface area contributed by atoms with Crippen LogP contribution in [0.4, 0.5) is 10.1 Å². The topological polar surface area (TPSA) is 46.2 Å². The third-order valence-electron chi connectivity index (χ3n) is 3.35. The van der Waals surface area contributed by atoms with Gasteiger partial charge in [-0.1, -0.05) is 12.1 Å². The molecule has 2 aromatic carbocycles. The van der Waals surface area contributed by atoms with Crippen LogP contribution in [-0.4, -0.2) is 14.7 Å². The second kappa shape index (κ2) is 5.85. The Labute approximate surface area is 124 Å². The van der Waals surface area contributed by atoms with Crippen molar-refractivity contribution in [2.24, 2.45) is 0 Å². The zero-order valence-corrected chi connectivity index (χ0v) is 13.0. The number of anilines is 1. The number of hydrogen-bond acceptors (Lipinski definition) is 3. The van der Waals surface area contributed by atoms with Crippen molar-refractivity contribution in [3.63, 3.8) is 0 Å². The number of rotatable bonds is 4. The molecule has 0 amide bonds. The summed E-state index contributed by atoms with van der Waals surface area (Å²) >= 11 is 0. The van der Waals surface area contributed by atoms with Crippen LogP contribution in [0.1, 0.15) is 24.1 Å². The number of benzene rings is 2. The van der Waals surface area contributed by atoms with Crippen LogP contribution in [-0.2, 0) is 9.84 Å². The first-order chi connectivity index (χ1) is 9.77. The first-order valence-electron chi connectivity index (χ1n) is 6.60. The molecule has 0 aromatic heterocycles. The van der Waals surface area contributed by atoms with E-state index in [1.54, 1.807) is 43.3 Å². The molecule has 112 valence electrons. The largest absolute Gasteiger partial charge is 0.379 e. The Bertz CT molecular complexity index is 739. The summed E-state index contributed by atoms with van der Waals surface area (Å²) in [7, 11) is -3.18. The minimum absolute atomic E-state index is 0.0107. The van der Waals surface area contributed by atoms with Gasteiger partial charge in [0.1, 0.15) is 5.82 Å². The van der Waals surface area contributed by atoms with Gasteiger partial charge in [-0.15, -0.1) is 0 Å². The molecular weight excluding hydrogens is 289 g/mol. The van der Waals surface area contributed by atoms with E-state index in [4.69, 9.17) is 0 Å². The molecule has 0 heterocycles.